The van der Waals surface area contributed by atoms with E-state index < -0.39 is 0 Å². The van der Waals surface area contributed by atoms with Gasteiger partial charge in [0.1, 0.15) is 4.60 Å². The highest BCUT2D eigenvalue weighted by atomic mass is 79.9. The minimum atomic E-state index is -0.140. The van der Waals surface area contributed by atoms with Crippen molar-refractivity contribution in [3.8, 4) is 0 Å². The Bertz CT molecular complexity index is 301. The molecule has 0 amide bonds. The van der Waals surface area contributed by atoms with Gasteiger partial charge >= 0.3 is 0 Å². The first-order valence-electron chi connectivity index (χ1n) is 4.75. The van der Waals surface area contributed by atoms with Gasteiger partial charge in [0.2, 0.25) is 0 Å². The van der Waals surface area contributed by atoms with Crippen LogP contribution in [-0.2, 0) is 6.54 Å². The molecule has 4 heteroatoms. The Hall–Kier alpha value is -0.450. The summed E-state index contributed by atoms with van der Waals surface area (Å²) in [5.41, 5.74) is 1.20. The van der Waals surface area contributed by atoms with Gasteiger partial charge in [-0.2, -0.15) is 0 Å². The minimum Gasteiger partial charge on any atom is -0.392 e. The fourth-order valence-electron chi connectivity index (χ4n) is 1.71. The van der Waals surface area contributed by atoms with Crippen LogP contribution in [0.1, 0.15) is 12.0 Å². The maximum atomic E-state index is 9.36. The number of hydrogen-bond acceptors (Lipinski definition) is 3. The van der Waals surface area contributed by atoms with Crippen molar-refractivity contribution in [2.45, 2.75) is 19.1 Å². The Morgan fingerprint density at radius 3 is 3.00 bits per heavy atom. The van der Waals surface area contributed by atoms with Crippen LogP contribution in [0.4, 0.5) is 0 Å². The van der Waals surface area contributed by atoms with Crippen molar-refractivity contribution in [2.75, 3.05) is 13.1 Å². The average Bonchev–Trinajstić information content (AvgIpc) is 2.56. The molecule has 1 aromatic rings. The lowest BCUT2D eigenvalue weighted by Gasteiger charge is -2.14. The number of likely N-dealkylation sites (tertiary alicyclic amines) is 1. The monoisotopic (exact) mass is 256 g/mol. The van der Waals surface area contributed by atoms with Crippen molar-refractivity contribution in [3.05, 3.63) is 28.5 Å². The first-order chi connectivity index (χ1) is 6.74. The van der Waals surface area contributed by atoms with Crippen molar-refractivity contribution in [1.82, 2.24) is 9.88 Å². The van der Waals surface area contributed by atoms with E-state index in [4.69, 9.17) is 0 Å². The first kappa shape index (κ1) is 10.1. The molecule has 1 aliphatic heterocycles. The number of pyridine rings is 1. The average molecular weight is 257 g/mol. The van der Waals surface area contributed by atoms with Crippen molar-refractivity contribution in [2.24, 2.45) is 0 Å². The summed E-state index contributed by atoms with van der Waals surface area (Å²) in [6, 6.07) is 4.00. The van der Waals surface area contributed by atoms with E-state index in [1.165, 1.54) is 5.56 Å². The maximum absolute atomic E-state index is 9.36. The van der Waals surface area contributed by atoms with Crippen LogP contribution in [0.15, 0.2) is 22.9 Å². The molecule has 0 aliphatic carbocycles. The zero-order chi connectivity index (χ0) is 9.97. The zero-order valence-corrected chi connectivity index (χ0v) is 9.44. The number of aliphatic hydroxyl groups excluding tert-OH is 1. The zero-order valence-electron chi connectivity index (χ0n) is 7.86. The lowest BCUT2D eigenvalue weighted by molar-refractivity contribution is 0.174. The van der Waals surface area contributed by atoms with Gasteiger partial charge in [-0.1, -0.05) is 6.07 Å². The van der Waals surface area contributed by atoms with Gasteiger partial charge in [-0.25, -0.2) is 4.98 Å². The fourth-order valence-corrected chi connectivity index (χ4v) is 1.95. The van der Waals surface area contributed by atoms with Crippen LogP contribution in [0, 0.1) is 0 Å². The molecule has 76 valence electrons. The minimum absolute atomic E-state index is 0.140. The number of halogens is 1. The van der Waals surface area contributed by atoms with Crippen LogP contribution in [0.3, 0.4) is 0 Å². The molecule has 0 bridgehead atoms. The normalized spacial score (nSPS) is 22.9. The summed E-state index contributed by atoms with van der Waals surface area (Å²) in [6.45, 7) is 2.66. The highest BCUT2D eigenvalue weighted by Crippen LogP contribution is 2.13. The number of nitrogens with zero attached hydrogens (tertiary/aromatic N) is 2. The van der Waals surface area contributed by atoms with Crippen LogP contribution < -0.4 is 0 Å². The van der Waals surface area contributed by atoms with Gasteiger partial charge in [-0.05, 0) is 34.0 Å². The van der Waals surface area contributed by atoms with Crippen molar-refractivity contribution < 1.29 is 5.11 Å². The smallest absolute Gasteiger partial charge is 0.106 e. The van der Waals surface area contributed by atoms with Crippen LogP contribution >= 0.6 is 15.9 Å². The number of rotatable bonds is 2. The summed E-state index contributed by atoms with van der Waals surface area (Å²) >= 11 is 3.30. The van der Waals surface area contributed by atoms with Crippen molar-refractivity contribution >= 4 is 15.9 Å². The molecule has 0 aromatic carbocycles. The predicted molar refractivity (Wildman–Crippen MR) is 57.8 cm³/mol. The van der Waals surface area contributed by atoms with Gasteiger partial charge in [-0.3, -0.25) is 4.90 Å². The molecule has 2 heterocycles. The van der Waals surface area contributed by atoms with Gasteiger partial charge in [0.15, 0.2) is 0 Å². The maximum Gasteiger partial charge on any atom is 0.106 e. The molecular formula is C10H13BrN2O. The highest BCUT2D eigenvalue weighted by Gasteiger charge is 2.19. The summed E-state index contributed by atoms with van der Waals surface area (Å²) in [5, 5.41) is 9.36. The Morgan fingerprint density at radius 2 is 2.43 bits per heavy atom. The van der Waals surface area contributed by atoms with Gasteiger partial charge < -0.3 is 5.11 Å². The lowest BCUT2D eigenvalue weighted by atomic mass is 10.3. The quantitative estimate of drug-likeness (QED) is 0.814. The molecule has 3 nitrogen and oxygen atoms in total. The van der Waals surface area contributed by atoms with E-state index in [0.29, 0.717) is 0 Å². The topological polar surface area (TPSA) is 36.4 Å². The molecule has 1 saturated heterocycles. The van der Waals surface area contributed by atoms with E-state index in [2.05, 4.69) is 31.9 Å². The summed E-state index contributed by atoms with van der Waals surface area (Å²) in [6.07, 6.45) is 2.62. The van der Waals surface area contributed by atoms with Crippen molar-refractivity contribution in [1.29, 1.82) is 0 Å². The Morgan fingerprint density at radius 1 is 1.57 bits per heavy atom. The van der Waals surface area contributed by atoms with E-state index in [0.717, 1.165) is 30.7 Å². The summed E-state index contributed by atoms with van der Waals surface area (Å²) in [5.74, 6) is 0. The molecule has 1 aromatic heterocycles. The summed E-state index contributed by atoms with van der Waals surface area (Å²) in [7, 11) is 0. The highest BCUT2D eigenvalue weighted by molar-refractivity contribution is 9.10. The van der Waals surface area contributed by atoms with E-state index in [1.54, 1.807) is 0 Å². The third-order valence-electron chi connectivity index (χ3n) is 2.44. The Labute approximate surface area is 91.9 Å². The molecule has 1 atom stereocenters. The number of hydrogen-bond donors (Lipinski definition) is 1. The van der Waals surface area contributed by atoms with Gasteiger partial charge in [0.05, 0.1) is 6.10 Å². The van der Waals surface area contributed by atoms with Crippen molar-refractivity contribution in [3.63, 3.8) is 0 Å². The van der Waals surface area contributed by atoms with Crippen LogP contribution in [0.5, 0.6) is 0 Å². The van der Waals surface area contributed by atoms with Gasteiger partial charge in [0.25, 0.3) is 0 Å². The molecule has 0 saturated carbocycles. The van der Waals surface area contributed by atoms with Crippen LogP contribution in [0.2, 0.25) is 0 Å². The molecule has 14 heavy (non-hydrogen) atoms. The van der Waals surface area contributed by atoms with E-state index in [1.807, 2.05) is 12.3 Å². The molecule has 1 aliphatic rings. The summed E-state index contributed by atoms with van der Waals surface area (Å²) < 4.78 is 0.864. The first-order valence-corrected chi connectivity index (χ1v) is 5.54. The molecule has 0 radical (unpaired) electrons. The number of aliphatic hydroxyl groups is 1. The Balaban J connectivity index is 1.94. The molecule has 1 N–H and O–H groups in total. The third-order valence-corrected chi connectivity index (χ3v) is 2.91. The second kappa shape index (κ2) is 4.38. The van der Waals surface area contributed by atoms with Gasteiger partial charge in [-0.15, -0.1) is 0 Å². The van der Waals surface area contributed by atoms with Crippen LogP contribution in [0.25, 0.3) is 0 Å². The second-order valence-corrected chi connectivity index (χ2v) is 4.48. The molecule has 1 fully saturated rings. The van der Waals surface area contributed by atoms with E-state index in [-0.39, 0.29) is 6.10 Å². The molecule has 0 spiro atoms. The largest absolute Gasteiger partial charge is 0.392 e. The third kappa shape index (κ3) is 2.53. The predicted octanol–water partition coefficient (Wildman–Crippen LogP) is 1.41. The van der Waals surface area contributed by atoms with E-state index >= 15 is 0 Å². The lowest BCUT2D eigenvalue weighted by Crippen LogP contribution is -2.21. The second-order valence-electron chi connectivity index (χ2n) is 3.67. The number of β-amino-alcohol motifs (C(OH)–C–C–N with tert-alkyl or cyclic N) is 1. The summed E-state index contributed by atoms with van der Waals surface area (Å²) in [4.78, 5) is 6.41. The SMILES string of the molecule is OC1CCN(Cc2ccc(Br)nc2)C1. The van der Waals surface area contributed by atoms with Crippen LogP contribution in [-0.4, -0.2) is 34.2 Å². The fraction of sp³-hybridized carbons (Fsp3) is 0.500. The molecule has 1 unspecified atom stereocenters. The Kier molecular flexibility index (Phi) is 3.15. The number of aromatic nitrogens is 1. The van der Waals surface area contributed by atoms with Gasteiger partial charge in [0, 0.05) is 25.8 Å². The van der Waals surface area contributed by atoms with E-state index in [9.17, 15) is 5.11 Å². The molecule has 2 rings (SSSR count). The molecular weight excluding hydrogens is 244 g/mol. The standard InChI is InChI=1S/C10H13BrN2O/c11-10-2-1-8(5-12-10)6-13-4-3-9(14)7-13/h1-2,5,9,14H,3-4,6-7H2.